The average Bonchev–Trinajstić information content (AvgIpc) is 2.29. The first kappa shape index (κ1) is 21.1. The summed E-state index contributed by atoms with van der Waals surface area (Å²) in [5.74, 6) is 0. The van der Waals surface area contributed by atoms with Crippen molar-refractivity contribution in [1.82, 2.24) is 0 Å². The minimum atomic E-state index is -1.83. The Morgan fingerprint density at radius 2 is 1.05 bits per heavy atom. The first-order valence-corrected chi connectivity index (χ1v) is 18.0. The van der Waals surface area contributed by atoms with E-state index in [0.717, 1.165) is 17.7 Å². The molecule has 0 aromatic carbocycles. The van der Waals surface area contributed by atoms with Crippen LogP contribution in [0.2, 0.25) is 17.7 Å². The molecule has 0 radical (unpaired) electrons. The van der Waals surface area contributed by atoms with Gasteiger partial charge in [-0.05, 0) is 0 Å². The molecule has 0 aliphatic heterocycles. The maximum absolute atomic E-state index is 8.56. The molecule has 2 N–H and O–H groups in total. The van der Waals surface area contributed by atoms with Crippen molar-refractivity contribution in [1.29, 1.82) is 0 Å². The van der Waals surface area contributed by atoms with Crippen LogP contribution in [0.3, 0.4) is 0 Å². The molecular weight excluding hydrogens is 458 g/mol. The molecular formula is C13H24O4Sn2. The fraction of sp³-hybridized carbons (Fsp3) is 0.308. The molecule has 108 valence electrons. The summed E-state index contributed by atoms with van der Waals surface area (Å²) in [4.78, 5) is 8.56. The Labute approximate surface area is 130 Å². The molecule has 0 aromatic rings. The van der Waals surface area contributed by atoms with Gasteiger partial charge in [-0.2, -0.15) is 0 Å². The molecule has 0 unspecified atom stereocenters. The minimum absolute atomic E-state index is 1.12. The summed E-state index contributed by atoms with van der Waals surface area (Å²) in [6, 6.07) is 0. The maximum atomic E-state index is 8.56. The largest absolute Gasteiger partial charge is 0.503 e. The van der Waals surface area contributed by atoms with Crippen LogP contribution in [-0.2, 0) is 1.41 Å². The van der Waals surface area contributed by atoms with Gasteiger partial charge in [-0.1, -0.05) is 0 Å². The first-order valence-electron chi connectivity index (χ1n) is 6.02. The monoisotopic (exact) mass is 484 g/mol. The summed E-state index contributed by atoms with van der Waals surface area (Å²) >= 11 is -3.59. The number of allylic oxidation sites excluding steroid dienone is 4. The van der Waals surface area contributed by atoms with Gasteiger partial charge in [-0.25, -0.2) is 4.79 Å². The summed E-state index contributed by atoms with van der Waals surface area (Å²) in [5, 5.41) is 13.9. The van der Waals surface area contributed by atoms with E-state index in [1.54, 1.807) is 0 Å². The topological polar surface area (TPSA) is 66.8 Å². The SMILES string of the molecule is C=C[CH2][SnH]([CH2]C=C)[O][SnH]([CH2]C=C)[CH2]C=C.O=C(O)O. The van der Waals surface area contributed by atoms with Gasteiger partial charge in [0.15, 0.2) is 0 Å². The van der Waals surface area contributed by atoms with E-state index in [4.69, 9.17) is 16.4 Å². The Hall–Kier alpha value is -0.213. The van der Waals surface area contributed by atoms with E-state index in [-0.39, 0.29) is 0 Å². The Balaban J connectivity index is 0. The zero-order chi connectivity index (χ0) is 15.1. The van der Waals surface area contributed by atoms with Crippen LogP contribution in [0, 0.1) is 0 Å². The number of rotatable bonds is 10. The molecule has 0 bridgehead atoms. The smallest absolute Gasteiger partial charge is 0.450 e. The van der Waals surface area contributed by atoms with Gasteiger partial charge in [0.05, 0.1) is 0 Å². The van der Waals surface area contributed by atoms with Gasteiger partial charge < -0.3 is 10.2 Å². The van der Waals surface area contributed by atoms with E-state index in [1.165, 1.54) is 0 Å². The van der Waals surface area contributed by atoms with Crippen LogP contribution in [-0.4, -0.2) is 56.7 Å². The number of carboxylic acid groups (broad SMARTS) is 2. The molecule has 0 rings (SSSR count). The quantitative estimate of drug-likeness (QED) is 0.371. The van der Waals surface area contributed by atoms with Gasteiger partial charge in [0.2, 0.25) is 0 Å². The summed E-state index contributed by atoms with van der Waals surface area (Å²) < 4.78 is 10.8. The van der Waals surface area contributed by atoms with Gasteiger partial charge in [-0.3, -0.25) is 0 Å². The summed E-state index contributed by atoms with van der Waals surface area (Å²) in [6.07, 6.45) is 6.20. The van der Waals surface area contributed by atoms with E-state index in [9.17, 15) is 0 Å². The average molecular weight is 482 g/mol. The van der Waals surface area contributed by atoms with Crippen molar-refractivity contribution < 1.29 is 16.4 Å². The predicted octanol–water partition coefficient (Wildman–Crippen LogP) is 3.42. The molecule has 0 amide bonds. The van der Waals surface area contributed by atoms with E-state index in [2.05, 4.69) is 26.3 Å². The summed E-state index contributed by atoms with van der Waals surface area (Å²) in [7, 11) is 0. The molecule has 0 aromatic heterocycles. The van der Waals surface area contributed by atoms with Crippen molar-refractivity contribution in [2.75, 3.05) is 0 Å². The van der Waals surface area contributed by atoms with Gasteiger partial charge in [0.25, 0.3) is 0 Å². The second kappa shape index (κ2) is 15.8. The normalized spacial score (nSPS) is 9.37. The first-order chi connectivity index (χ1) is 9.01. The van der Waals surface area contributed by atoms with Gasteiger partial charge in [-0.15, -0.1) is 0 Å². The number of carbonyl (C=O) groups is 1. The maximum Gasteiger partial charge on any atom is 0.503 e. The van der Waals surface area contributed by atoms with E-state index in [0.29, 0.717) is 0 Å². The van der Waals surface area contributed by atoms with Crippen LogP contribution in [0.15, 0.2) is 50.6 Å². The van der Waals surface area contributed by atoms with Crippen LogP contribution in [0.1, 0.15) is 0 Å². The molecule has 19 heavy (non-hydrogen) atoms. The third kappa shape index (κ3) is 17.8. The molecule has 0 heterocycles. The van der Waals surface area contributed by atoms with Crippen molar-refractivity contribution in [2.24, 2.45) is 0 Å². The van der Waals surface area contributed by atoms with Crippen molar-refractivity contribution in [3.05, 3.63) is 50.6 Å². The number of hydrogen-bond acceptors (Lipinski definition) is 2. The Morgan fingerprint density at radius 1 is 0.842 bits per heavy atom. The molecule has 0 fully saturated rings. The third-order valence-corrected chi connectivity index (χ3v) is 28.8. The molecule has 6 heteroatoms. The third-order valence-electron chi connectivity index (χ3n) is 2.10. The van der Waals surface area contributed by atoms with Crippen molar-refractivity contribution in [3.8, 4) is 0 Å². The Morgan fingerprint density at radius 3 is 1.21 bits per heavy atom. The Kier molecular flexibility index (Phi) is 17.6. The molecule has 0 atom stereocenters. The van der Waals surface area contributed by atoms with Gasteiger partial charge in [0.1, 0.15) is 0 Å². The van der Waals surface area contributed by atoms with Crippen LogP contribution in [0.25, 0.3) is 0 Å². The minimum Gasteiger partial charge on any atom is -0.450 e. The van der Waals surface area contributed by atoms with Gasteiger partial charge >= 0.3 is 116 Å². The van der Waals surface area contributed by atoms with Gasteiger partial charge in [0, 0.05) is 0 Å². The van der Waals surface area contributed by atoms with Crippen LogP contribution < -0.4 is 0 Å². The predicted molar refractivity (Wildman–Crippen MR) is 86.1 cm³/mol. The molecule has 0 spiro atoms. The second-order valence-corrected chi connectivity index (χ2v) is 22.2. The second-order valence-electron chi connectivity index (χ2n) is 3.76. The fourth-order valence-corrected chi connectivity index (χ4v) is 28.5. The zero-order valence-electron chi connectivity index (χ0n) is 11.3. The molecule has 0 saturated carbocycles. The van der Waals surface area contributed by atoms with Crippen LogP contribution in [0.4, 0.5) is 4.79 Å². The van der Waals surface area contributed by atoms with Crippen molar-refractivity contribution >= 4 is 46.5 Å². The molecule has 0 aliphatic carbocycles. The van der Waals surface area contributed by atoms with E-state index < -0.39 is 46.5 Å². The van der Waals surface area contributed by atoms with E-state index in [1.807, 2.05) is 24.3 Å². The van der Waals surface area contributed by atoms with Crippen molar-refractivity contribution in [3.63, 3.8) is 0 Å². The van der Waals surface area contributed by atoms with E-state index >= 15 is 0 Å². The van der Waals surface area contributed by atoms with Crippen LogP contribution in [0.5, 0.6) is 0 Å². The van der Waals surface area contributed by atoms with Crippen LogP contribution >= 0.6 is 0 Å². The molecule has 0 aliphatic rings. The molecule has 0 saturated heterocycles. The standard InChI is InChI=1S/4C3H5.CH2O3.O.2Sn.2H/c4*1-3-2;2-1(3)4;;;;;/h4*3H,1-2H2;(H2,2,3,4);;;;;. The Bertz CT molecular complexity index is 246. The fourth-order valence-electron chi connectivity index (χ4n) is 1.43. The molecule has 4 nitrogen and oxygen atoms in total. The summed E-state index contributed by atoms with van der Waals surface area (Å²) in [6.45, 7) is 15.2. The zero-order valence-corrected chi connectivity index (χ0v) is 17.9. The number of hydrogen-bond donors (Lipinski definition) is 2. The van der Waals surface area contributed by atoms with Crippen molar-refractivity contribution in [2.45, 2.75) is 17.7 Å². The summed E-state index contributed by atoms with van der Waals surface area (Å²) in [5.41, 5.74) is 0.